The second kappa shape index (κ2) is 7.14. The van der Waals surface area contributed by atoms with Crippen molar-refractivity contribution in [2.45, 2.75) is 31.7 Å². The largest absolute Gasteiger partial charge is 0.402 e. The number of aliphatic imine (C=N–C) groups is 1. The summed E-state index contributed by atoms with van der Waals surface area (Å²) in [7, 11) is -3.57. The molecule has 6 nitrogen and oxygen atoms in total. The van der Waals surface area contributed by atoms with Gasteiger partial charge in [-0.1, -0.05) is 0 Å². The molecule has 0 unspecified atom stereocenters. The van der Waals surface area contributed by atoms with E-state index in [0.29, 0.717) is 5.56 Å². The SMILES string of the molecule is Cc1ccsc1/C=C1\N=C(c2ccc(S(=O)(=O)NC(C)C)cc2)OC1=O. The highest BCUT2D eigenvalue weighted by atomic mass is 32.2. The predicted molar refractivity (Wildman–Crippen MR) is 102 cm³/mol. The van der Waals surface area contributed by atoms with Gasteiger partial charge in [0, 0.05) is 16.5 Å². The van der Waals surface area contributed by atoms with Gasteiger partial charge in [-0.2, -0.15) is 0 Å². The molecule has 0 saturated carbocycles. The third kappa shape index (κ3) is 3.92. The minimum absolute atomic E-state index is 0.143. The van der Waals surface area contributed by atoms with E-state index in [1.165, 1.54) is 23.5 Å². The van der Waals surface area contributed by atoms with Crippen LogP contribution in [0.25, 0.3) is 6.08 Å². The number of nitrogens with zero attached hydrogens (tertiary/aromatic N) is 1. The Morgan fingerprint density at radius 2 is 1.88 bits per heavy atom. The Hall–Kier alpha value is -2.29. The topological polar surface area (TPSA) is 84.8 Å². The molecule has 26 heavy (non-hydrogen) atoms. The number of benzene rings is 1. The van der Waals surface area contributed by atoms with E-state index >= 15 is 0 Å². The second-order valence-electron chi connectivity index (χ2n) is 6.10. The molecule has 0 amide bonds. The van der Waals surface area contributed by atoms with Gasteiger partial charge in [0.05, 0.1) is 4.90 Å². The van der Waals surface area contributed by atoms with Crippen molar-refractivity contribution in [3.05, 3.63) is 57.4 Å². The molecule has 136 valence electrons. The molecule has 3 rings (SSSR count). The molecule has 1 N–H and O–H groups in total. The number of cyclic esters (lactones) is 1. The third-order valence-electron chi connectivity index (χ3n) is 3.59. The van der Waals surface area contributed by atoms with Crippen molar-refractivity contribution in [2.75, 3.05) is 0 Å². The van der Waals surface area contributed by atoms with E-state index in [9.17, 15) is 13.2 Å². The van der Waals surface area contributed by atoms with E-state index in [1.54, 1.807) is 32.1 Å². The summed E-state index contributed by atoms with van der Waals surface area (Å²) in [4.78, 5) is 17.4. The van der Waals surface area contributed by atoms with E-state index in [2.05, 4.69) is 9.71 Å². The van der Waals surface area contributed by atoms with Crippen molar-refractivity contribution in [3.63, 3.8) is 0 Å². The van der Waals surface area contributed by atoms with E-state index in [4.69, 9.17) is 4.74 Å². The number of ether oxygens (including phenoxy) is 1. The first-order chi connectivity index (χ1) is 12.3. The highest BCUT2D eigenvalue weighted by Gasteiger charge is 2.25. The van der Waals surface area contributed by atoms with Crippen molar-refractivity contribution in [3.8, 4) is 0 Å². The molecule has 0 aliphatic carbocycles. The molecule has 0 atom stereocenters. The maximum atomic E-state index is 12.2. The Labute approximate surface area is 156 Å². The molecule has 1 aromatic heterocycles. The number of hydrogen-bond acceptors (Lipinski definition) is 6. The summed E-state index contributed by atoms with van der Waals surface area (Å²) in [5.74, 6) is -0.359. The zero-order valence-corrected chi connectivity index (χ0v) is 16.1. The van der Waals surface area contributed by atoms with Gasteiger partial charge in [0.2, 0.25) is 15.9 Å². The predicted octanol–water partition coefficient (Wildman–Crippen LogP) is 3.09. The summed E-state index contributed by atoms with van der Waals surface area (Å²) in [5.41, 5.74) is 1.82. The summed E-state index contributed by atoms with van der Waals surface area (Å²) >= 11 is 1.52. The van der Waals surface area contributed by atoms with Crippen LogP contribution in [0.1, 0.15) is 29.9 Å². The maximum Gasteiger partial charge on any atom is 0.363 e. The summed E-state index contributed by atoms with van der Waals surface area (Å²) in [5, 5.41) is 1.94. The fraction of sp³-hybridized carbons (Fsp3) is 0.222. The third-order valence-corrected chi connectivity index (χ3v) is 6.23. The average Bonchev–Trinajstić information content (AvgIpc) is 3.13. The Balaban J connectivity index is 1.86. The van der Waals surface area contributed by atoms with Gasteiger partial charge < -0.3 is 4.74 Å². The van der Waals surface area contributed by atoms with Gasteiger partial charge in [0.1, 0.15) is 0 Å². The minimum Gasteiger partial charge on any atom is -0.402 e. The zero-order valence-electron chi connectivity index (χ0n) is 14.5. The molecule has 2 aromatic rings. The molecule has 0 radical (unpaired) electrons. The van der Waals surface area contributed by atoms with E-state index in [0.717, 1.165) is 10.4 Å². The lowest BCUT2D eigenvalue weighted by molar-refractivity contribution is -0.129. The zero-order chi connectivity index (χ0) is 18.9. The van der Waals surface area contributed by atoms with Crippen molar-refractivity contribution < 1.29 is 17.9 Å². The Morgan fingerprint density at radius 1 is 1.19 bits per heavy atom. The number of carbonyl (C=O) groups is 1. The van der Waals surface area contributed by atoms with Crippen LogP contribution in [0.15, 0.2) is 51.3 Å². The van der Waals surface area contributed by atoms with Crippen molar-refractivity contribution in [2.24, 2.45) is 4.99 Å². The highest BCUT2D eigenvalue weighted by molar-refractivity contribution is 7.89. The molecular formula is C18H18N2O4S2. The molecule has 0 fully saturated rings. The first kappa shape index (κ1) is 18.5. The lowest BCUT2D eigenvalue weighted by Gasteiger charge is -2.09. The summed E-state index contributed by atoms with van der Waals surface area (Å²) in [6.07, 6.45) is 1.70. The number of nitrogens with one attached hydrogen (secondary N) is 1. The Bertz CT molecular complexity index is 1000. The standard InChI is InChI=1S/C18H18N2O4S2/c1-11(2)20-26(22,23)14-6-4-13(5-7-14)17-19-15(18(21)24-17)10-16-12(3)8-9-25-16/h4-11,20H,1-3H3/b15-10-. The molecule has 1 aliphatic heterocycles. The number of carbonyl (C=O) groups excluding carboxylic acids is 1. The van der Waals surface area contributed by atoms with Crippen LogP contribution in [0.4, 0.5) is 0 Å². The fourth-order valence-electron chi connectivity index (χ4n) is 2.34. The summed E-state index contributed by atoms with van der Waals surface area (Å²) < 4.78 is 32.0. The highest BCUT2D eigenvalue weighted by Crippen LogP contribution is 2.24. The van der Waals surface area contributed by atoms with E-state index in [-0.39, 0.29) is 22.5 Å². The van der Waals surface area contributed by atoms with Crippen LogP contribution in [0.3, 0.4) is 0 Å². The molecule has 8 heteroatoms. The van der Waals surface area contributed by atoms with Gasteiger partial charge in [0.25, 0.3) is 0 Å². The van der Waals surface area contributed by atoms with Gasteiger partial charge in [-0.25, -0.2) is 22.9 Å². The van der Waals surface area contributed by atoms with Crippen molar-refractivity contribution >= 4 is 39.3 Å². The van der Waals surface area contributed by atoms with E-state index < -0.39 is 16.0 Å². The number of aryl methyl sites for hydroxylation is 1. The Kier molecular flexibility index (Phi) is 5.08. The number of rotatable bonds is 5. The van der Waals surface area contributed by atoms with Gasteiger partial charge in [-0.15, -0.1) is 11.3 Å². The van der Waals surface area contributed by atoms with Crippen LogP contribution in [0.5, 0.6) is 0 Å². The summed E-state index contributed by atoms with van der Waals surface area (Å²) in [6.45, 7) is 5.46. The second-order valence-corrected chi connectivity index (χ2v) is 8.77. The molecule has 0 spiro atoms. The van der Waals surface area contributed by atoms with Crippen LogP contribution in [-0.4, -0.2) is 26.3 Å². The smallest absolute Gasteiger partial charge is 0.363 e. The lowest BCUT2D eigenvalue weighted by atomic mass is 10.2. The molecular weight excluding hydrogens is 372 g/mol. The van der Waals surface area contributed by atoms with Crippen LogP contribution >= 0.6 is 11.3 Å². The quantitative estimate of drug-likeness (QED) is 0.628. The number of hydrogen-bond donors (Lipinski definition) is 1. The monoisotopic (exact) mass is 390 g/mol. The molecule has 0 bridgehead atoms. The van der Waals surface area contributed by atoms with Crippen LogP contribution in [0, 0.1) is 6.92 Å². The van der Waals surface area contributed by atoms with Gasteiger partial charge in [0.15, 0.2) is 5.70 Å². The van der Waals surface area contributed by atoms with Crippen molar-refractivity contribution in [1.29, 1.82) is 0 Å². The van der Waals surface area contributed by atoms with E-state index in [1.807, 2.05) is 18.4 Å². The fourth-order valence-corrected chi connectivity index (χ4v) is 4.45. The first-order valence-corrected chi connectivity index (χ1v) is 10.3. The lowest BCUT2D eigenvalue weighted by Crippen LogP contribution is -2.30. The minimum atomic E-state index is -3.57. The number of sulfonamides is 1. The first-order valence-electron chi connectivity index (χ1n) is 7.96. The van der Waals surface area contributed by atoms with Crippen LogP contribution in [0.2, 0.25) is 0 Å². The molecule has 2 heterocycles. The van der Waals surface area contributed by atoms with Crippen LogP contribution in [-0.2, 0) is 19.6 Å². The maximum absolute atomic E-state index is 12.2. The number of thiophene rings is 1. The Morgan fingerprint density at radius 3 is 2.46 bits per heavy atom. The van der Waals surface area contributed by atoms with Gasteiger partial charge >= 0.3 is 5.97 Å². The van der Waals surface area contributed by atoms with Crippen molar-refractivity contribution in [1.82, 2.24) is 4.72 Å². The number of esters is 1. The van der Waals surface area contributed by atoms with Crippen LogP contribution < -0.4 is 4.72 Å². The summed E-state index contributed by atoms with van der Waals surface area (Å²) in [6, 6.07) is 7.82. The van der Waals surface area contributed by atoms with Gasteiger partial charge in [-0.05, 0) is 68.1 Å². The normalized spacial score (nSPS) is 16.2. The average molecular weight is 390 g/mol. The molecule has 1 aliphatic rings. The molecule has 0 saturated heterocycles. The van der Waals surface area contributed by atoms with Gasteiger partial charge in [-0.3, -0.25) is 0 Å². The molecule has 1 aromatic carbocycles.